The highest BCUT2D eigenvalue weighted by Crippen LogP contribution is 2.59. The van der Waals surface area contributed by atoms with Crippen LogP contribution in [0.5, 0.6) is 0 Å². The van der Waals surface area contributed by atoms with E-state index in [1.54, 1.807) is 0 Å². The van der Waals surface area contributed by atoms with Crippen LogP contribution in [-0.2, 0) is 9.59 Å². The summed E-state index contributed by atoms with van der Waals surface area (Å²) in [6.45, 7) is 8.78. The minimum atomic E-state index is -0.829. The maximum absolute atomic E-state index is 12.8. The number of rotatable bonds is 5. The monoisotopic (exact) mass is 281 g/mol. The molecule has 0 aromatic carbocycles. The fraction of sp³-hybridized carbons (Fsp3) is 0.875. The van der Waals surface area contributed by atoms with Gasteiger partial charge in [0.2, 0.25) is 5.91 Å². The van der Waals surface area contributed by atoms with Gasteiger partial charge in [0.25, 0.3) is 0 Å². The fourth-order valence-corrected chi connectivity index (χ4v) is 3.77. The summed E-state index contributed by atoms with van der Waals surface area (Å²) in [6, 6.07) is 0.329. The molecule has 0 aromatic rings. The quantitative estimate of drug-likeness (QED) is 0.843. The number of nitrogens with zero attached hydrogens (tertiary/aromatic N) is 1. The standard InChI is InChI=1S/C16H27NO3/c1-10(2)9-17(11-7-5-6-8-11)14(18)12-13(15(19)20)16(12,3)4/h10-13H,5-9H2,1-4H3,(H,19,20)/t12-,13+/m1/s1. The van der Waals surface area contributed by atoms with Crippen molar-refractivity contribution in [2.45, 2.75) is 59.4 Å². The Balaban J connectivity index is 2.13. The smallest absolute Gasteiger partial charge is 0.307 e. The Bertz CT molecular complexity index is 397. The number of hydrogen-bond donors (Lipinski definition) is 1. The molecule has 0 heterocycles. The lowest BCUT2D eigenvalue weighted by atomic mass is 10.1. The first-order chi connectivity index (χ1) is 9.26. The summed E-state index contributed by atoms with van der Waals surface area (Å²) in [5.41, 5.74) is -0.392. The van der Waals surface area contributed by atoms with Gasteiger partial charge in [-0.15, -0.1) is 0 Å². The van der Waals surface area contributed by atoms with Gasteiger partial charge in [0.15, 0.2) is 0 Å². The van der Waals surface area contributed by atoms with Gasteiger partial charge in [0.05, 0.1) is 11.8 Å². The van der Waals surface area contributed by atoms with E-state index < -0.39 is 17.3 Å². The van der Waals surface area contributed by atoms with Crippen molar-refractivity contribution in [2.24, 2.45) is 23.2 Å². The number of carbonyl (C=O) groups excluding carboxylic acids is 1. The average molecular weight is 281 g/mol. The van der Waals surface area contributed by atoms with Gasteiger partial charge < -0.3 is 10.0 Å². The number of carboxylic acid groups (broad SMARTS) is 1. The molecule has 0 aliphatic heterocycles. The Morgan fingerprint density at radius 3 is 2.15 bits per heavy atom. The van der Waals surface area contributed by atoms with Crippen molar-refractivity contribution in [1.82, 2.24) is 4.90 Å². The first-order valence-electron chi connectivity index (χ1n) is 7.80. The molecule has 2 aliphatic rings. The summed E-state index contributed by atoms with van der Waals surface area (Å²) in [5, 5.41) is 9.27. The van der Waals surface area contributed by atoms with Crippen LogP contribution >= 0.6 is 0 Å². The second kappa shape index (κ2) is 5.38. The molecule has 1 amide bonds. The van der Waals surface area contributed by atoms with Gasteiger partial charge in [-0.05, 0) is 24.2 Å². The van der Waals surface area contributed by atoms with E-state index in [0.29, 0.717) is 12.0 Å². The van der Waals surface area contributed by atoms with Crippen LogP contribution in [0.15, 0.2) is 0 Å². The maximum atomic E-state index is 12.8. The fourth-order valence-electron chi connectivity index (χ4n) is 3.77. The van der Waals surface area contributed by atoms with Gasteiger partial charge in [0.1, 0.15) is 0 Å². The zero-order chi connectivity index (χ0) is 15.1. The Kier molecular flexibility index (Phi) is 4.12. The Morgan fingerprint density at radius 1 is 1.20 bits per heavy atom. The molecule has 0 aromatic heterocycles. The molecule has 4 heteroatoms. The van der Waals surface area contributed by atoms with Crippen molar-refractivity contribution < 1.29 is 14.7 Å². The van der Waals surface area contributed by atoms with Crippen LogP contribution in [0, 0.1) is 23.2 Å². The van der Waals surface area contributed by atoms with Crippen LogP contribution in [0.4, 0.5) is 0 Å². The topological polar surface area (TPSA) is 57.6 Å². The number of amides is 1. The van der Waals surface area contributed by atoms with Gasteiger partial charge in [0, 0.05) is 12.6 Å². The van der Waals surface area contributed by atoms with E-state index in [0.717, 1.165) is 19.4 Å². The van der Waals surface area contributed by atoms with Crippen LogP contribution in [0.3, 0.4) is 0 Å². The normalized spacial score (nSPS) is 28.6. The number of aliphatic carboxylic acids is 1. The van der Waals surface area contributed by atoms with E-state index in [1.807, 2.05) is 18.7 Å². The summed E-state index contributed by atoms with van der Waals surface area (Å²) in [4.78, 5) is 26.1. The summed E-state index contributed by atoms with van der Waals surface area (Å²) in [5.74, 6) is -1.18. The van der Waals surface area contributed by atoms with Crippen molar-refractivity contribution in [3.05, 3.63) is 0 Å². The Labute approximate surface area is 121 Å². The van der Waals surface area contributed by atoms with E-state index in [4.69, 9.17) is 0 Å². The van der Waals surface area contributed by atoms with Gasteiger partial charge >= 0.3 is 5.97 Å². The molecular weight excluding hydrogens is 254 g/mol. The van der Waals surface area contributed by atoms with Gasteiger partial charge in [-0.25, -0.2) is 0 Å². The van der Waals surface area contributed by atoms with E-state index in [-0.39, 0.29) is 11.8 Å². The highest BCUT2D eigenvalue weighted by molar-refractivity contribution is 5.91. The predicted octanol–water partition coefficient (Wildman–Crippen LogP) is 2.77. The molecule has 2 fully saturated rings. The van der Waals surface area contributed by atoms with Crippen LogP contribution in [0.2, 0.25) is 0 Å². The molecule has 4 nitrogen and oxygen atoms in total. The minimum Gasteiger partial charge on any atom is -0.481 e. The molecule has 2 atom stereocenters. The van der Waals surface area contributed by atoms with Crippen molar-refractivity contribution >= 4 is 11.9 Å². The largest absolute Gasteiger partial charge is 0.481 e. The summed E-state index contributed by atoms with van der Waals surface area (Å²) >= 11 is 0. The predicted molar refractivity (Wildman–Crippen MR) is 77.2 cm³/mol. The third-order valence-electron chi connectivity index (χ3n) is 4.97. The number of hydrogen-bond acceptors (Lipinski definition) is 2. The first-order valence-corrected chi connectivity index (χ1v) is 7.80. The Hall–Kier alpha value is -1.06. The SMILES string of the molecule is CC(C)CN(C(=O)[C@H]1[C@@H](C(=O)O)C1(C)C)C1CCCC1. The first kappa shape index (κ1) is 15.3. The molecule has 2 rings (SSSR count). The van der Waals surface area contributed by atoms with E-state index >= 15 is 0 Å². The van der Waals surface area contributed by atoms with E-state index in [2.05, 4.69) is 13.8 Å². The molecule has 114 valence electrons. The molecule has 2 aliphatic carbocycles. The number of carboxylic acids is 1. The van der Waals surface area contributed by atoms with Gasteiger partial charge in [-0.3, -0.25) is 9.59 Å². The molecule has 1 N–H and O–H groups in total. The highest BCUT2D eigenvalue weighted by Gasteiger charge is 2.66. The van der Waals surface area contributed by atoms with E-state index in [9.17, 15) is 14.7 Å². The lowest BCUT2D eigenvalue weighted by molar-refractivity contribution is -0.143. The second-order valence-corrected chi connectivity index (χ2v) is 7.44. The lowest BCUT2D eigenvalue weighted by Crippen LogP contribution is -2.43. The van der Waals surface area contributed by atoms with Crippen molar-refractivity contribution in [1.29, 1.82) is 0 Å². The van der Waals surface area contributed by atoms with Gasteiger partial charge in [-0.2, -0.15) is 0 Å². The molecule has 0 saturated heterocycles. The summed E-state index contributed by atoms with van der Waals surface area (Å²) in [7, 11) is 0. The van der Waals surface area contributed by atoms with Gasteiger partial charge in [-0.1, -0.05) is 40.5 Å². The molecular formula is C16H27NO3. The van der Waals surface area contributed by atoms with Crippen molar-refractivity contribution in [3.63, 3.8) is 0 Å². The summed E-state index contributed by atoms with van der Waals surface area (Å²) in [6.07, 6.45) is 4.51. The van der Waals surface area contributed by atoms with E-state index in [1.165, 1.54) is 12.8 Å². The third kappa shape index (κ3) is 2.70. The molecule has 20 heavy (non-hydrogen) atoms. The maximum Gasteiger partial charge on any atom is 0.307 e. The molecule has 0 bridgehead atoms. The molecule has 0 radical (unpaired) electrons. The minimum absolute atomic E-state index is 0.0722. The second-order valence-electron chi connectivity index (χ2n) is 7.44. The zero-order valence-electron chi connectivity index (χ0n) is 13.1. The third-order valence-corrected chi connectivity index (χ3v) is 4.97. The van der Waals surface area contributed by atoms with Crippen LogP contribution in [-0.4, -0.2) is 34.5 Å². The molecule has 0 unspecified atom stereocenters. The Morgan fingerprint density at radius 2 is 1.75 bits per heavy atom. The van der Waals surface area contributed by atoms with Crippen molar-refractivity contribution in [3.8, 4) is 0 Å². The molecule has 2 saturated carbocycles. The van der Waals surface area contributed by atoms with Crippen LogP contribution in [0.1, 0.15) is 53.4 Å². The lowest BCUT2D eigenvalue weighted by Gasteiger charge is -2.31. The molecule has 0 spiro atoms. The van der Waals surface area contributed by atoms with Crippen LogP contribution in [0.25, 0.3) is 0 Å². The van der Waals surface area contributed by atoms with Crippen LogP contribution < -0.4 is 0 Å². The zero-order valence-corrected chi connectivity index (χ0v) is 13.1. The van der Waals surface area contributed by atoms with Crippen molar-refractivity contribution in [2.75, 3.05) is 6.54 Å². The number of carbonyl (C=O) groups is 2. The summed E-state index contributed by atoms with van der Waals surface area (Å²) < 4.78 is 0. The highest BCUT2D eigenvalue weighted by atomic mass is 16.4. The average Bonchev–Trinajstić information content (AvgIpc) is 2.74.